The summed E-state index contributed by atoms with van der Waals surface area (Å²) < 4.78 is 18.5. The normalized spacial score (nSPS) is 9.95. The van der Waals surface area contributed by atoms with E-state index < -0.39 is 17.3 Å². The van der Waals surface area contributed by atoms with E-state index >= 15 is 0 Å². The number of carbonyl (C=O) groups is 1. The summed E-state index contributed by atoms with van der Waals surface area (Å²) in [6, 6.07) is 10.8. The van der Waals surface area contributed by atoms with Crippen LogP contribution in [0.1, 0.15) is 15.9 Å². The van der Waals surface area contributed by atoms with E-state index in [1.165, 1.54) is 31.0 Å². The Hall–Kier alpha value is -2.52. The van der Waals surface area contributed by atoms with E-state index in [4.69, 9.17) is 15.1 Å². The fourth-order valence-electron chi connectivity index (χ4n) is 1.67. The minimum absolute atomic E-state index is 0.401. The van der Waals surface area contributed by atoms with Gasteiger partial charge in [0.05, 0.1) is 18.2 Å². The lowest BCUT2D eigenvalue weighted by atomic mass is 10.2. The molecule has 0 aliphatic rings. The Morgan fingerprint density at radius 2 is 2.10 bits per heavy atom. The van der Waals surface area contributed by atoms with Crippen LogP contribution in [0.15, 0.2) is 46.2 Å². The highest BCUT2D eigenvalue weighted by Crippen LogP contribution is 2.33. The fourth-order valence-corrected chi connectivity index (χ4v) is 2.63. The van der Waals surface area contributed by atoms with Crippen LogP contribution in [-0.4, -0.2) is 18.2 Å². The molecule has 0 unspecified atom stereocenters. The lowest BCUT2D eigenvalue weighted by molar-refractivity contribution is 0.0691. The zero-order valence-electron chi connectivity index (χ0n) is 11.0. The summed E-state index contributed by atoms with van der Waals surface area (Å²) in [6.45, 7) is 0. The molecule has 0 saturated heterocycles. The Morgan fingerprint density at radius 3 is 2.71 bits per heavy atom. The second-order valence-corrected chi connectivity index (χ2v) is 5.14. The van der Waals surface area contributed by atoms with Crippen molar-refractivity contribution >= 4 is 17.7 Å². The molecule has 2 aromatic rings. The molecule has 0 amide bonds. The van der Waals surface area contributed by atoms with Gasteiger partial charge in [-0.2, -0.15) is 5.26 Å². The molecular weight excluding hydrogens is 293 g/mol. The number of carboxylic acid groups (broad SMARTS) is 1. The van der Waals surface area contributed by atoms with E-state index in [0.29, 0.717) is 21.1 Å². The van der Waals surface area contributed by atoms with E-state index in [0.717, 1.165) is 6.07 Å². The maximum Gasteiger partial charge on any atom is 0.338 e. The van der Waals surface area contributed by atoms with Crippen molar-refractivity contribution in [1.82, 2.24) is 0 Å². The van der Waals surface area contributed by atoms with E-state index in [-0.39, 0.29) is 0 Å². The molecule has 0 bridgehead atoms. The third kappa shape index (κ3) is 3.33. The summed E-state index contributed by atoms with van der Waals surface area (Å²) >= 11 is 1.18. The number of aromatic carboxylic acids is 1. The number of nitrogens with zero attached hydrogens (tertiary/aromatic N) is 1. The minimum atomic E-state index is -1.33. The second kappa shape index (κ2) is 6.29. The number of rotatable bonds is 4. The molecule has 0 aliphatic heterocycles. The molecule has 4 nitrogen and oxygen atoms in total. The number of hydrogen-bond acceptors (Lipinski definition) is 4. The standard InChI is InChI=1S/C15H10FNO3S/c1-20-10-3-2-9(8-17)14(6-10)21-11-4-5-13(16)12(7-11)15(18)19/h2-7H,1H3,(H,18,19). The number of nitriles is 1. The smallest absolute Gasteiger partial charge is 0.338 e. The summed E-state index contributed by atoms with van der Waals surface area (Å²) in [5.74, 6) is -1.55. The zero-order valence-corrected chi connectivity index (χ0v) is 11.8. The summed E-state index contributed by atoms with van der Waals surface area (Å²) in [5, 5.41) is 18.0. The zero-order chi connectivity index (χ0) is 15.4. The van der Waals surface area contributed by atoms with E-state index in [1.807, 2.05) is 6.07 Å². The topological polar surface area (TPSA) is 70.3 Å². The predicted molar refractivity (Wildman–Crippen MR) is 75.2 cm³/mol. The van der Waals surface area contributed by atoms with Gasteiger partial charge in [0.15, 0.2) is 0 Å². The molecular formula is C15H10FNO3S. The maximum atomic E-state index is 13.4. The SMILES string of the molecule is COc1ccc(C#N)c(Sc2ccc(F)c(C(=O)O)c2)c1. The molecule has 0 atom stereocenters. The molecule has 21 heavy (non-hydrogen) atoms. The Kier molecular flexibility index (Phi) is 4.45. The van der Waals surface area contributed by atoms with E-state index in [1.54, 1.807) is 18.2 Å². The molecule has 0 fully saturated rings. The summed E-state index contributed by atoms with van der Waals surface area (Å²) in [4.78, 5) is 12.1. The first-order valence-corrected chi connectivity index (χ1v) is 6.65. The second-order valence-electron chi connectivity index (χ2n) is 4.02. The molecule has 0 radical (unpaired) electrons. The van der Waals surface area contributed by atoms with Crippen molar-refractivity contribution in [2.24, 2.45) is 0 Å². The van der Waals surface area contributed by atoms with Crippen LogP contribution in [0, 0.1) is 17.1 Å². The van der Waals surface area contributed by atoms with Gasteiger partial charge in [-0.15, -0.1) is 0 Å². The molecule has 6 heteroatoms. The highest BCUT2D eigenvalue weighted by atomic mass is 32.2. The lowest BCUT2D eigenvalue weighted by Gasteiger charge is -2.07. The Morgan fingerprint density at radius 1 is 1.33 bits per heavy atom. The minimum Gasteiger partial charge on any atom is -0.497 e. The molecule has 2 rings (SSSR count). The van der Waals surface area contributed by atoms with Crippen LogP contribution in [0.2, 0.25) is 0 Å². The van der Waals surface area contributed by atoms with Crippen molar-refractivity contribution < 1.29 is 19.0 Å². The maximum absolute atomic E-state index is 13.4. The van der Waals surface area contributed by atoms with E-state index in [9.17, 15) is 9.18 Å². The average molecular weight is 303 g/mol. The number of carboxylic acids is 1. The highest BCUT2D eigenvalue weighted by molar-refractivity contribution is 7.99. The fraction of sp³-hybridized carbons (Fsp3) is 0.0667. The van der Waals surface area contributed by atoms with Crippen molar-refractivity contribution in [1.29, 1.82) is 5.26 Å². The molecule has 0 heterocycles. The van der Waals surface area contributed by atoms with Gasteiger partial charge < -0.3 is 9.84 Å². The summed E-state index contributed by atoms with van der Waals surface area (Å²) in [5.41, 5.74) is 0.0309. The van der Waals surface area contributed by atoms with Crippen LogP contribution in [0.3, 0.4) is 0 Å². The third-order valence-corrected chi connectivity index (χ3v) is 3.75. The number of hydrogen-bond donors (Lipinski definition) is 1. The van der Waals surface area contributed by atoms with Gasteiger partial charge in [-0.05, 0) is 36.4 Å². The van der Waals surface area contributed by atoms with Crippen LogP contribution >= 0.6 is 11.8 Å². The van der Waals surface area contributed by atoms with Gasteiger partial charge >= 0.3 is 5.97 Å². The number of ether oxygens (including phenoxy) is 1. The molecule has 106 valence electrons. The van der Waals surface area contributed by atoms with Gasteiger partial charge in [0.25, 0.3) is 0 Å². The molecule has 1 N–H and O–H groups in total. The first kappa shape index (κ1) is 14.9. The number of methoxy groups -OCH3 is 1. The van der Waals surface area contributed by atoms with Crippen molar-refractivity contribution in [3.63, 3.8) is 0 Å². The van der Waals surface area contributed by atoms with Gasteiger partial charge in [-0.25, -0.2) is 9.18 Å². The molecule has 0 spiro atoms. The lowest BCUT2D eigenvalue weighted by Crippen LogP contribution is -2.00. The first-order chi connectivity index (χ1) is 10.0. The van der Waals surface area contributed by atoms with Crippen molar-refractivity contribution in [3.8, 4) is 11.8 Å². The third-order valence-electron chi connectivity index (χ3n) is 2.71. The highest BCUT2D eigenvalue weighted by Gasteiger charge is 2.13. The van der Waals surface area contributed by atoms with Crippen LogP contribution in [0.4, 0.5) is 4.39 Å². The van der Waals surface area contributed by atoms with Crippen LogP contribution in [0.5, 0.6) is 5.75 Å². The van der Waals surface area contributed by atoms with Gasteiger partial charge in [0.2, 0.25) is 0 Å². The molecule has 2 aromatic carbocycles. The van der Waals surface area contributed by atoms with Gasteiger partial charge in [-0.1, -0.05) is 11.8 Å². The Labute approximate surface area is 124 Å². The van der Waals surface area contributed by atoms with Crippen LogP contribution < -0.4 is 4.74 Å². The molecule has 0 aromatic heterocycles. The molecule has 0 aliphatic carbocycles. The van der Waals surface area contributed by atoms with Gasteiger partial charge in [-0.3, -0.25) is 0 Å². The quantitative estimate of drug-likeness (QED) is 0.935. The predicted octanol–water partition coefficient (Wildman–Crippen LogP) is 3.56. The largest absolute Gasteiger partial charge is 0.497 e. The summed E-state index contributed by atoms with van der Waals surface area (Å²) in [7, 11) is 1.51. The summed E-state index contributed by atoms with van der Waals surface area (Å²) in [6.07, 6.45) is 0. The van der Waals surface area contributed by atoms with Crippen molar-refractivity contribution in [2.45, 2.75) is 9.79 Å². The molecule has 0 saturated carbocycles. The monoisotopic (exact) mass is 303 g/mol. The Bertz CT molecular complexity index is 740. The van der Waals surface area contributed by atoms with Crippen LogP contribution in [-0.2, 0) is 0 Å². The first-order valence-electron chi connectivity index (χ1n) is 5.84. The van der Waals surface area contributed by atoms with Gasteiger partial charge in [0.1, 0.15) is 17.6 Å². The van der Waals surface area contributed by atoms with E-state index in [2.05, 4.69) is 0 Å². The van der Waals surface area contributed by atoms with Crippen molar-refractivity contribution in [2.75, 3.05) is 7.11 Å². The van der Waals surface area contributed by atoms with Crippen LogP contribution in [0.25, 0.3) is 0 Å². The number of halogens is 1. The van der Waals surface area contributed by atoms with Gasteiger partial charge in [0, 0.05) is 9.79 Å². The number of benzene rings is 2. The van der Waals surface area contributed by atoms with Crippen molar-refractivity contribution in [3.05, 3.63) is 53.3 Å². The Balaban J connectivity index is 2.40. The average Bonchev–Trinajstić information content (AvgIpc) is 2.48.